The van der Waals surface area contributed by atoms with Crippen LogP contribution in [0.15, 0.2) is 81.7 Å². The van der Waals surface area contributed by atoms with E-state index in [1.165, 1.54) is 10.8 Å². The lowest BCUT2D eigenvalue weighted by Gasteiger charge is -2.05. The zero-order valence-corrected chi connectivity index (χ0v) is 17.2. The van der Waals surface area contributed by atoms with Crippen molar-refractivity contribution in [1.29, 1.82) is 0 Å². The second-order valence-electron chi connectivity index (χ2n) is 6.13. The number of anilines is 1. The molecule has 0 spiro atoms. The molecule has 1 aromatic heterocycles. The molecule has 4 rings (SSSR count). The van der Waals surface area contributed by atoms with Gasteiger partial charge in [-0.25, -0.2) is 4.98 Å². The first-order valence-electron chi connectivity index (χ1n) is 8.76. The first kappa shape index (κ1) is 17.9. The predicted molar refractivity (Wildman–Crippen MR) is 120 cm³/mol. The summed E-state index contributed by atoms with van der Waals surface area (Å²) in [5.74, 6) is 0. The van der Waals surface area contributed by atoms with E-state index in [9.17, 15) is 0 Å². The maximum absolute atomic E-state index is 4.70. The molecule has 27 heavy (non-hydrogen) atoms. The van der Waals surface area contributed by atoms with Crippen LogP contribution in [0, 0.1) is 0 Å². The number of aromatic nitrogens is 1. The highest BCUT2D eigenvalue weighted by Gasteiger charge is 2.06. The zero-order chi connectivity index (χ0) is 18.6. The summed E-state index contributed by atoms with van der Waals surface area (Å²) in [6.45, 7) is 2.10. The molecular formula is C22H18BrN3S. The fourth-order valence-corrected chi connectivity index (χ4v) is 4.00. The molecular weight excluding hydrogens is 418 g/mol. The number of halogens is 1. The van der Waals surface area contributed by atoms with Crippen molar-refractivity contribution in [3.8, 4) is 11.3 Å². The van der Waals surface area contributed by atoms with Crippen LogP contribution >= 0.6 is 27.3 Å². The Labute approximate surface area is 170 Å². The molecule has 1 N–H and O–H groups in total. The Morgan fingerprint density at radius 1 is 1.04 bits per heavy atom. The summed E-state index contributed by atoms with van der Waals surface area (Å²) in [6.07, 6.45) is 0.840. The second kappa shape index (κ2) is 8.03. The third-order valence-corrected chi connectivity index (χ3v) is 5.57. The van der Waals surface area contributed by atoms with Crippen LogP contribution in [0.2, 0.25) is 0 Å². The smallest absolute Gasteiger partial charge is 0.203 e. The zero-order valence-electron chi connectivity index (χ0n) is 14.8. The van der Waals surface area contributed by atoms with Crippen molar-refractivity contribution in [3.05, 3.63) is 82.1 Å². The summed E-state index contributed by atoms with van der Waals surface area (Å²) in [6, 6.07) is 23.0. The molecule has 0 aliphatic heterocycles. The monoisotopic (exact) mass is 435 g/mol. The topological polar surface area (TPSA) is 37.3 Å². The summed E-state index contributed by atoms with van der Waals surface area (Å²) in [7, 11) is 0. The van der Waals surface area contributed by atoms with Gasteiger partial charge in [0.15, 0.2) is 0 Å². The van der Waals surface area contributed by atoms with Crippen molar-refractivity contribution in [2.45, 2.75) is 13.3 Å². The van der Waals surface area contributed by atoms with Crippen molar-refractivity contribution in [1.82, 2.24) is 4.98 Å². The maximum Gasteiger partial charge on any atom is 0.203 e. The van der Waals surface area contributed by atoms with Crippen LogP contribution in [0.3, 0.4) is 0 Å². The number of fused-ring (bicyclic) bond motifs is 1. The Bertz CT molecular complexity index is 1120. The van der Waals surface area contributed by atoms with E-state index in [0.29, 0.717) is 0 Å². The van der Waals surface area contributed by atoms with Crippen molar-refractivity contribution in [2.75, 3.05) is 5.43 Å². The number of benzene rings is 3. The second-order valence-corrected chi connectivity index (χ2v) is 7.91. The number of nitrogens with one attached hydrogen (secondary N) is 1. The molecule has 3 aromatic carbocycles. The Kier molecular flexibility index (Phi) is 5.32. The SMILES string of the molecule is CC/C(=N\Nc1nc(-c2ccc3ccccc3c2)cs1)c1cccc(Br)c1. The predicted octanol–water partition coefficient (Wildman–Crippen LogP) is 6.95. The summed E-state index contributed by atoms with van der Waals surface area (Å²) < 4.78 is 1.05. The third kappa shape index (κ3) is 4.10. The van der Waals surface area contributed by atoms with E-state index in [1.807, 2.05) is 12.1 Å². The summed E-state index contributed by atoms with van der Waals surface area (Å²) in [5, 5.41) is 9.89. The normalized spacial score (nSPS) is 11.7. The van der Waals surface area contributed by atoms with Crippen molar-refractivity contribution < 1.29 is 0 Å². The molecule has 134 valence electrons. The molecule has 0 saturated carbocycles. The highest BCUT2D eigenvalue weighted by molar-refractivity contribution is 9.10. The lowest BCUT2D eigenvalue weighted by atomic mass is 10.1. The van der Waals surface area contributed by atoms with Gasteiger partial charge in [-0.05, 0) is 41.0 Å². The van der Waals surface area contributed by atoms with E-state index >= 15 is 0 Å². The van der Waals surface area contributed by atoms with E-state index in [-0.39, 0.29) is 0 Å². The average molecular weight is 436 g/mol. The average Bonchev–Trinajstić information content (AvgIpc) is 3.17. The minimum absolute atomic E-state index is 0.791. The number of thiazole rings is 1. The van der Waals surface area contributed by atoms with Gasteiger partial charge >= 0.3 is 0 Å². The molecule has 1 heterocycles. The number of hydrogen-bond acceptors (Lipinski definition) is 4. The lowest BCUT2D eigenvalue weighted by Crippen LogP contribution is -2.03. The molecule has 0 bridgehead atoms. The van der Waals surface area contributed by atoms with E-state index in [1.54, 1.807) is 11.3 Å². The van der Waals surface area contributed by atoms with E-state index in [4.69, 9.17) is 4.98 Å². The van der Waals surface area contributed by atoms with E-state index in [2.05, 4.69) is 93.4 Å². The van der Waals surface area contributed by atoms with Crippen LogP contribution in [0.4, 0.5) is 5.13 Å². The lowest BCUT2D eigenvalue weighted by molar-refractivity contribution is 1.21. The Balaban J connectivity index is 1.56. The van der Waals surface area contributed by atoms with Crippen LogP contribution in [0.1, 0.15) is 18.9 Å². The Morgan fingerprint density at radius 2 is 1.89 bits per heavy atom. The van der Waals surface area contributed by atoms with Crippen molar-refractivity contribution >= 4 is 48.9 Å². The molecule has 5 heteroatoms. The number of rotatable bonds is 5. The molecule has 0 amide bonds. The van der Waals surface area contributed by atoms with E-state index in [0.717, 1.165) is 38.6 Å². The van der Waals surface area contributed by atoms with Gasteiger partial charge in [0.25, 0.3) is 0 Å². The molecule has 0 aliphatic rings. The first-order valence-corrected chi connectivity index (χ1v) is 10.4. The van der Waals surface area contributed by atoms with Crippen LogP contribution in [-0.2, 0) is 0 Å². The first-order chi connectivity index (χ1) is 13.2. The van der Waals surface area contributed by atoms with Gasteiger partial charge in [-0.1, -0.05) is 71.4 Å². The minimum atomic E-state index is 0.791. The minimum Gasteiger partial charge on any atom is -0.252 e. The van der Waals surface area contributed by atoms with Gasteiger partial charge in [0, 0.05) is 15.4 Å². The standard InChI is InChI=1S/C22H18BrN3S/c1-2-20(17-8-5-9-19(23)13-17)25-26-22-24-21(14-27-22)18-11-10-15-6-3-4-7-16(15)12-18/h3-14H,2H2,1H3,(H,24,26)/b25-20+. The van der Waals surface area contributed by atoms with Crippen LogP contribution < -0.4 is 5.43 Å². The third-order valence-electron chi connectivity index (χ3n) is 4.33. The van der Waals surface area contributed by atoms with Gasteiger partial charge in [-0.15, -0.1) is 11.3 Å². The van der Waals surface area contributed by atoms with Crippen LogP contribution in [-0.4, -0.2) is 10.7 Å². The molecule has 0 atom stereocenters. The fraction of sp³-hybridized carbons (Fsp3) is 0.0909. The quantitative estimate of drug-likeness (QED) is 0.271. The Hall–Kier alpha value is -2.50. The van der Waals surface area contributed by atoms with Crippen molar-refractivity contribution in [3.63, 3.8) is 0 Å². The highest BCUT2D eigenvalue weighted by atomic mass is 79.9. The van der Waals surface area contributed by atoms with Crippen molar-refractivity contribution in [2.24, 2.45) is 5.10 Å². The summed E-state index contributed by atoms with van der Waals surface area (Å²) >= 11 is 5.08. The van der Waals surface area contributed by atoms with E-state index < -0.39 is 0 Å². The molecule has 0 aliphatic carbocycles. The van der Waals surface area contributed by atoms with Gasteiger partial charge in [-0.2, -0.15) is 5.10 Å². The largest absolute Gasteiger partial charge is 0.252 e. The van der Waals surface area contributed by atoms with Gasteiger partial charge in [0.05, 0.1) is 11.4 Å². The molecule has 0 fully saturated rings. The number of hydrogen-bond donors (Lipinski definition) is 1. The fourth-order valence-electron chi connectivity index (χ4n) is 2.94. The maximum atomic E-state index is 4.70. The molecule has 0 saturated heterocycles. The summed E-state index contributed by atoms with van der Waals surface area (Å²) in [4.78, 5) is 4.70. The molecule has 0 unspecified atom stereocenters. The molecule has 0 radical (unpaired) electrons. The molecule has 4 aromatic rings. The van der Waals surface area contributed by atoms with Gasteiger partial charge in [0.2, 0.25) is 5.13 Å². The van der Waals surface area contributed by atoms with Gasteiger partial charge in [0.1, 0.15) is 0 Å². The van der Waals surface area contributed by atoms with Gasteiger partial charge in [-0.3, -0.25) is 5.43 Å². The molecule has 3 nitrogen and oxygen atoms in total. The van der Waals surface area contributed by atoms with Crippen LogP contribution in [0.25, 0.3) is 22.0 Å². The summed E-state index contributed by atoms with van der Waals surface area (Å²) in [5.41, 5.74) is 7.30. The number of nitrogens with zero attached hydrogens (tertiary/aromatic N) is 2. The highest BCUT2D eigenvalue weighted by Crippen LogP contribution is 2.28. The Morgan fingerprint density at radius 3 is 2.70 bits per heavy atom. The number of hydrazone groups is 1. The van der Waals surface area contributed by atoms with Crippen LogP contribution in [0.5, 0.6) is 0 Å². The van der Waals surface area contributed by atoms with Gasteiger partial charge < -0.3 is 0 Å².